The van der Waals surface area contributed by atoms with E-state index in [1.807, 2.05) is 52.0 Å². The van der Waals surface area contributed by atoms with Crippen molar-refractivity contribution >= 4 is 39.8 Å². The van der Waals surface area contributed by atoms with Gasteiger partial charge < -0.3 is 14.8 Å². The molecule has 66 heavy (non-hydrogen) atoms. The molecule has 12 heteroatoms. The highest BCUT2D eigenvalue weighted by Gasteiger charge is 2.71. The van der Waals surface area contributed by atoms with Crippen molar-refractivity contribution in [1.82, 2.24) is 10.2 Å². The lowest BCUT2D eigenvalue weighted by Crippen LogP contribution is -2.67. The van der Waals surface area contributed by atoms with Gasteiger partial charge in [-0.15, -0.1) is 0 Å². The molecule has 0 radical (unpaired) electrons. The van der Waals surface area contributed by atoms with Gasteiger partial charge in [0.15, 0.2) is 21.4 Å². The smallest absolute Gasteiger partial charge is 0.310 e. The average molecular weight is 931 g/mol. The molecule has 0 bridgehead atoms. The Morgan fingerprint density at radius 1 is 0.848 bits per heavy atom. The number of amides is 1. The summed E-state index contributed by atoms with van der Waals surface area (Å²) in [4.78, 5) is 69.7. The molecule has 1 saturated heterocycles. The predicted octanol–water partition coefficient (Wildman–Crippen LogP) is 8.86. The van der Waals surface area contributed by atoms with Crippen molar-refractivity contribution in [2.75, 3.05) is 24.6 Å². The standard InChI is InChI=1S/C54H78N2O9S/c1-33(2)44-39(59)30-54(55-47(61)48(3,4)29-38(58)35-14-12-34(13-15-35)31-56-24-26-66(62,63)27-25-56)23-22-52(10)36(45(44)54)16-17-41-51(9)20-19-42(50(7,8)40(51)18-21-53(41,52)11)65-46(60)37-28-43(64-32-57)49(37,5)6/h12-15,32-33,36-37,40-43H,16-31H2,1-11H3,(H,55,61)/t36-,37-,40+,41-,42+,43-,51+,52-,53-,54-/m1/s1. The fraction of sp³-hybridized carbons (Fsp3) is 0.759. The molecular formula is C54H78N2O9S. The predicted molar refractivity (Wildman–Crippen MR) is 254 cm³/mol. The van der Waals surface area contributed by atoms with Crippen LogP contribution in [0, 0.1) is 62.1 Å². The number of hydrogen-bond acceptors (Lipinski definition) is 10. The van der Waals surface area contributed by atoms with Gasteiger partial charge in [-0.3, -0.25) is 28.9 Å². The van der Waals surface area contributed by atoms with Crippen LogP contribution in [-0.2, 0) is 45.0 Å². The van der Waals surface area contributed by atoms with Crippen molar-refractivity contribution in [2.24, 2.45) is 62.1 Å². The quantitative estimate of drug-likeness (QED) is 0.122. The number of Topliss-reactive ketones (excluding diaryl/α,β-unsaturated/α-hetero) is 2. The van der Waals surface area contributed by atoms with Gasteiger partial charge in [-0.25, -0.2) is 8.42 Å². The first-order valence-electron chi connectivity index (χ1n) is 25.1. The summed E-state index contributed by atoms with van der Waals surface area (Å²) in [6, 6.07) is 7.46. The molecule has 1 N–H and O–H groups in total. The number of carbonyl (C=O) groups is 5. The third-order valence-electron chi connectivity index (χ3n) is 20.0. The number of rotatable bonds is 12. The molecule has 0 spiro atoms. The van der Waals surface area contributed by atoms with Gasteiger partial charge in [-0.05, 0) is 114 Å². The summed E-state index contributed by atoms with van der Waals surface area (Å²) >= 11 is 0. The number of nitrogens with zero attached hydrogens (tertiary/aromatic N) is 1. The van der Waals surface area contributed by atoms with E-state index in [0.717, 1.165) is 61.7 Å². The summed E-state index contributed by atoms with van der Waals surface area (Å²) in [5.74, 6) is 0.633. The van der Waals surface area contributed by atoms with Crippen molar-refractivity contribution in [2.45, 2.75) is 171 Å². The number of sulfone groups is 1. The minimum absolute atomic E-state index is 0.0145. The zero-order valence-corrected chi connectivity index (χ0v) is 42.6. The maximum absolute atomic E-state index is 14.7. The first-order chi connectivity index (χ1) is 30.7. The van der Waals surface area contributed by atoms with Crippen LogP contribution in [0.4, 0.5) is 0 Å². The first-order valence-corrected chi connectivity index (χ1v) is 26.9. The molecule has 5 saturated carbocycles. The summed E-state index contributed by atoms with van der Waals surface area (Å²) in [7, 11) is -2.96. The van der Waals surface area contributed by atoms with Crippen molar-refractivity contribution < 1.29 is 41.9 Å². The normalized spacial score (nSPS) is 37.9. The number of nitrogens with one attached hydrogen (secondary N) is 1. The summed E-state index contributed by atoms with van der Waals surface area (Å²) in [6.07, 6.45) is 7.74. The van der Waals surface area contributed by atoms with Gasteiger partial charge in [-0.2, -0.15) is 0 Å². The highest BCUT2D eigenvalue weighted by Crippen LogP contribution is 2.76. The van der Waals surface area contributed by atoms with Crippen LogP contribution in [0.3, 0.4) is 0 Å². The van der Waals surface area contributed by atoms with Crippen LogP contribution in [0.25, 0.3) is 0 Å². The molecule has 11 nitrogen and oxygen atoms in total. The molecule has 6 aliphatic carbocycles. The van der Waals surface area contributed by atoms with Gasteiger partial charge in [0.05, 0.1) is 28.4 Å². The average Bonchev–Trinajstić information content (AvgIpc) is 3.53. The van der Waals surface area contributed by atoms with Crippen LogP contribution in [0.5, 0.6) is 0 Å². The van der Waals surface area contributed by atoms with Gasteiger partial charge in [0.1, 0.15) is 12.2 Å². The molecule has 6 fully saturated rings. The molecule has 1 heterocycles. The fourth-order valence-electron chi connectivity index (χ4n) is 15.7. The van der Waals surface area contributed by atoms with Crippen LogP contribution in [-0.4, -0.2) is 85.6 Å². The Morgan fingerprint density at radius 3 is 2.14 bits per heavy atom. The molecule has 0 aromatic heterocycles. The van der Waals surface area contributed by atoms with Gasteiger partial charge >= 0.3 is 5.97 Å². The Labute approximate surface area is 394 Å². The van der Waals surface area contributed by atoms with Gasteiger partial charge in [0.25, 0.3) is 6.47 Å². The second-order valence-corrected chi connectivity index (χ2v) is 27.3. The Morgan fingerprint density at radius 2 is 1.52 bits per heavy atom. The second-order valence-electron chi connectivity index (χ2n) is 25.0. The lowest BCUT2D eigenvalue weighted by molar-refractivity contribution is -0.236. The molecule has 1 aliphatic heterocycles. The first kappa shape index (κ1) is 49.1. The van der Waals surface area contributed by atoms with E-state index in [1.165, 1.54) is 0 Å². The van der Waals surface area contributed by atoms with Gasteiger partial charge in [-0.1, -0.05) is 100 Å². The van der Waals surface area contributed by atoms with Crippen molar-refractivity contribution in [1.29, 1.82) is 0 Å². The highest BCUT2D eigenvalue weighted by atomic mass is 32.2. The largest absolute Gasteiger partial charge is 0.464 e. The zero-order valence-electron chi connectivity index (χ0n) is 41.8. The topological polar surface area (TPSA) is 153 Å². The summed E-state index contributed by atoms with van der Waals surface area (Å²) < 4.78 is 35.5. The monoisotopic (exact) mass is 931 g/mol. The number of ether oxygens (including phenoxy) is 2. The minimum atomic E-state index is -2.96. The van der Waals surface area contributed by atoms with Crippen LogP contribution in [0.15, 0.2) is 35.4 Å². The van der Waals surface area contributed by atoms with Crippen molar-refractivity contribution in [3.63, 3.8) is 0 Å². The summed E-state index contributed by atoms with van der Waals surface area (Å²) in [6.45, 7) is 26.2. The van der Waals surface area contributed by atoms with E-state index in [4.69, 9.17) is 9.47 Å². The Balaban J connectivity index is 0.979. The number of fused-ring (bicyclic) bond motifs is 7. The van der Waals surface area contributed by atoms with Gasteiger partial charge in [0, 0.05) is 48.9 Å². The molecule has 8 rings (SSSR count). The van der Waals surface area contributed by atoms with E-state index in [1.54, 1.807) is 0 Å². The molecular weight excluding hydrogens is 853 g/mol. The molecule has 0 unspecified atom stereocenters. The van der Waals surface area contributed by atoms with Crippen LogP contribution < -0.4 is 5.32 Å². The van der Waals surface area contributed by atoms with Crippen LogP contribution in [0.2, 0.25) is 0 Å². The second kappa shape index (κ2) is 16.6. The maximum Gasteiger partial charge on any atom is 0.310 e. The van der Waals surface area contributed by atoms with E-state index >= 15 is 0 Å². The molecule has 10 atom stereocenters. The van der Waals surface area contributed by atoms with Crippen molar-refractivity contribution in [3.8, 4) is 0 Å². The van der Waals surface area contributed by atoms with E-state index in [2.05, 4.69) is 58.7 Å². The molecule has 1 aromatic rings. The number of ketones is 2. The zero-order chi connectivity index (χ0) is 48.2. The number of benzene rings is 1. The third kappa shape index (κ3) is 7.86. The molecule has 7 aliphatic rings. The minimum Gasteiger partial charge on any atom is -0.464 e. The number of hydrogen-bond donors (Lipinski definition) is 1. The van der Waals surface area contributed by atoms with Crippen LogP contribution >= 0.6 is 0 Å². The number of carbonyl (C=O) groups excluding carboxylic acids is 5. The molecule has 1 aromatic carbocycles. The lowest BCUT2D eigenvalue weighted by atomic mass is 9.33. The lowest BCUT2D eigenvalue weighted by Gasteiger charge is -2.72. The Hall–Kier alpha value is -3.38. The SMILES string of the molecule is CC(C)C1=C2[C@H]3CC[C@@H]4[C@@]5(C)CC[C@H](OC(=O)[C@H]6C[C@@H](OC=O)C6(C)C)C(C)(C)[C@@H]5CC[C@@]4(C)[C@]3(C)CC[C@@]2(NC(=O)C(C)(C)CC(=O)c2ccc(CN3CCS(=O)(=O)CC3)cc2)CC1=O. The highest BCUT2D eigenvalue weighted by molar-refractivity contribution is 7.91. The number of esters is 1. The van der Waals surface area contributed by atoms with E-state index in [0.29, 0.717) is 56.3 Å². The van der Waals surface area contributed by atoms with E-state index in [-0.39, 0.29) is 99.4 Å². The number of allylic oxidation sites excluding steroid dienone is 1. The van der Waals surface area contributed by atoms with E-state index < -0.39 is 26.2 Å². The van der Waals surface area contributed by atoms with Gasteiger partial charge in [0.2, 0.25) is 5.91 Å². The molecule has 1 amide bonds. The fourth-order valence-corrected chi connectivity index (χ4v) is 17.0. The third-order valence-corrected chi connectivity index (χ3v) is 21.6. The van der Waals surface area contributed by atoms with Crippen molar-refractivity contribution in [3.05, 3.63) is 46.5 Å². The van der Waals surface area contributed by atoms with E-state index in [9.17, 15) is 32.4 Å². The van der Waals surface area contributed by atoms with Crippen LogP contribution in [0.1, 0.15) is 163 Å². The Bertz CT molecular complexity index is 2280. The maximum atomic E-state index is 14.7. The summed E-state index contributed by atoms with van der Waals surface area (Å²) in [5, 5.41) is 3.53. The Kier molecular flexibility index (Phi) is 12.4. The summed E-state index contributed by atoms with van der Waals surface area (Å²) in [5.41, 5.74) is 1.01. The molecule has 364 valence electrons.